The molecule has 7 heteroatoms. The minimum atomic E-state index is -3.61. The zero-order chi connectivity index (χ0) is 13.0. The maximum atomic E-state index is 11.1. The van der Waals surface area contributed by atoms with Crippen LogP contribution in [0.1, 0.15) is 12.0 Å². The number of benzene rings is 1. The van der Waals surface area contributed by atoms with Crippen LogP contribution < -0.4 is 15.8 Å². The zero-order valence-electron chi connectivity index (χ0n) is 9.89. The van der Waals surface area contributed by atoms with Crippen LogP contribution in [0.4, 0.5) is 0 Å². The highest BCUT2D eigenvalue weighted by Crippen LogP contribution is 2.08. The van der Waals surface area contributed by atoms with Crippen molar-refractivity contribution < 1.29 is 8.42 Å². The molecule has 6 nitrogen and oxygen atoms in total. The van der Waals surface area contributed by atoms with E-state index in [0.717, 1.165) is 31.0 Å². The lowest BCUT2D eigenvalue weighted by Gasteiger charge is -2.16. The average Bonchev–Trinajstić information content (AvgIpc) is 2.37. The zero-order valence-corrected chi connectivity index (χ0v) is 10.7. The Bertz CT molecular complexity index is 537. The predicted octanol–water partition coefficient (Wildman–Crippen LogP) is -0.227. The number of primary sulfonamides is 1. The highest BCUT2D eigenvalue weighted by atomic mass is 32.2. The summed E-state index contributed by atoms with van der Waals surface area (Å²) in [4.78, 5) is 4.40. The molecule has 1 aromatic rings. The van der Waals surface area contributed by atoms with E-state index >= 15 is 0 Å². The molecule has 0 radical (unpaired) electrons. The largest absolute Gasteiger partial charge is 0.356 e. The van der Waals surface area contributed by atoms with E-state index in [-0.39, 0.29) is 4.90 Å². The molecule has 1 heterocycles. The van der Waals surface area contributed by atoms with Crippen molar-refractivity contribution in [3.8, 4) is 0 Å². The molecule has 1 aliphatic heterocycles. The first-order chi connectivity index (χ1) is 8.55. The van der Waals surface area contributed by atoms with E-state index in [0.29, 0.717) is 6.54 Å². The van der Waals surface area contributed by atoms with Gasteiger partial charge in [-0.1, -0.05) is 12.1 Å². The molecule has 1 aliphatic rings. The van der Waals surface area contributed by atoms with Gasteiger partial charge in [-0.15, -0.1) is 0 Å². The summed E-state index contributed by atoms with van der Waals surface area (Å²) in [5, 5.41) is 11.3. The molecule has 2 rings (SSSR count). The highest BCUT2D eigenvalue weighted by molar-refractivity contribution is 7.89. The average molecular weight is 268 g/mol. The van der Waals surface area contributed by atoms with Crippen molar-refractivity contribution in [2.45, 2.75) is 17.9 Å². The maximum Gasteiger partial charge on any atom is 0.238 e. The number of aliphatic imine (C=N–C) groups is 1. The molecule has 0 bridgehead atoms. The lowest BCUT2D eigenvalue weighted by molar-refractivity contribution is 0.597. The molecule has 0 fully saturated rings. The third-order valence-electron chi connectivity index (χ3n) is 2.61. The number of guanidine groups is 1. The van der Waals surface area contributed by atoms with Crippen molar-refractivity contribution in [2.75, 3.05) is 13.1 Å². The lowest BCUT2D eigenvalue weighted by atomic mass is 10.2. The SMILES string of the molecule is NS(=O)(=O)c1ccc(CNC2=NCCCN2)cc1. The van der Waals surface area contributed by atoms with E-state index < -0.39 is 10.0 Å². The Kier molecular flexibility index (Phi) is 3.83. The summed E-state index contributed by atoms with van der Waals surface area (Å²) in [5.41, 5.74) is 0.970. The molecule has 1 aromatic carbocycles. The fourth-order valence-corrected chi connectivity index (χ4v) is 2.15. The molecular formula is C11H16N4O2S. The Labute approximate surface area is 106 Å². The minimum absolute atomic E-state index is 0.124. The molecule has 98 valence electrons. The third-order valence-corrected chi connectivity index (χ3v) is 3.54. The molecule has 0 spiro atoms. The van der Waals surface area contributed by atoms with Crippen molar-refractivity contribution in [1.29, 1.82) is 0 Å². The number of rotatable bonds is 3. The van der Waals surface area contributed by atoms with Gasteiger partial charge in [-0.3, -0.25) is 4.99 Å². The molecule has 4 N–H and O–H groups in total. The lowest BCUT2D eigenvalue weighted by Crippen LogP contribution is -2.40. The van der Waals surface area contributed by atoms with Crippen LogP contribution in [0.15, 0.2) is 34.2 Å². The smallest absolute Gasteiger partial charge is 0.238 e. The molecule has 0 aromatic heterocycles. The Morgan fingerprint density at radius 1 is 1.33 bits per heavy atom. The quantitative estimate of drug-likeness (QED) is 0.705. The topological polar surface area (TPSA) is 96.6 Å². The molecule has 0 amide bonds. The molecule has 0 saturated carbocycles. The molecule has 0 aliphatic carbocycles. The number of hydrogen-bond acceptors (Lipinski definition) is 5. The van der Waals surface area contributed by atoms with Crippen LogP contribution in [0.25, 0.3) is 0 Å². The normalized spacial score (nSPS) is 15.7. The van der Waals surface area contributed by atoms with Crippen LogP contribution in [0.3, 0.4) is 0 Å². The van der Waals surface area contributed by atoms with Crippen LogP contribution in [0.5, 0.6) is 0 Å². The fraction of sp³-hybridized carbons (Fsp3) is 0.364. The van der Waals surface area contributed by atoms with E-state index in [1.54, 1.807) is 12.1 Å². The number of nitrogens with two attached hydrogens (primary N) is 1. The van der Waals surface area contributed by atoms with Gasteiger partial charge in [-0.2, -0.15) is 0 Å². The van der Waals surface area contributed by atoms with Crippen LogP contribution in [0.2, 0.25) is 0 Å². The molecular weight excluding hydrogens is 252 g/mol. The number of nitrogens with zero attached hydrogens (tertiary/aromatic N) is 1. The van der Waals surface area contributed by atoms with Gasteiger partial charge >= 0.3 is 0 Å². The van der Waals surface area contributed by atoms with Crippen molar-refractivity contribution in [1.82, 2.24) is 10.6 Å². The Morgan fingerprint density at radius 2 is 2.06 bits per heavy atom. The van der Waals surface area contributed by atoms with Gasteiger partial charge in [0.25, 0.3) is 0 Å². The summed E-state index contributed by atoms with van der Waals surface area (Å²) < 4.78 is 22.2. The van der Waals surface area contributed by atoms with Gasteiger partial charge < -0.3 is 10.6 Å². The fourth-order valence-electron chi connectivity index (χ4n) is 1.63. The second kappa shape index (κ2) is 5.36. The standard InChI is InChI=1S/C11H16N4O2S/c12-18(16,17)10-4-2-9(3-5-10)8-15-11-13-6-1-7-14-11/h2-5H,1,6-8H2,(H2,12,16,17)(H2,13,14,15). The van der Waals surface area contributed by atoms with Crippen LogP contribution in [0, 0.1) is 0 Å². The van der Waals surface area contributed by atoms with Gasteiger partial charge in [0.2, 0.25) is 10.0 Å². The molecule has 0 atom stereocenters. The second-order valence-electron chi connectivity index (χ2n) is 4.05. The van der Waals surface area contributed by atoms with Crippen molar-refractivity contribution in [3.63, 3.8) is 0 Å². The van der Waals surface area contributed by atoms with Crippen molar-refractivity contribution in [2.24, 2.45) is 10.1 Å². The van der Waals surface area contributed by atoms with Crippen LogP contribution in [-0.2, 0) is 16.6 Å². The Hall–Kier alpha value is -1.60. The first-order valence-electron chi connectivity index (χ1n) is 5.70. The monoisotopic (exact) mass is 268 g/mol. The van der Waals surface area contributed by atoms with Crippen molar-refractivity contribution >= 4 is 16.0 Å². The summed E-state index contributed by atoms with van der Waals surface area (Å²) in [5.74, 6) is 0.789. The van der Waals surface area contributed by atoms with E-state index in [1.807, 2.05) is 0 Å². The Morgan fingerprint density at radius 3 is 2.61 bits per heavy atom. The van der Waals surface area contributed by atoms with E-state index in [1.165, 1.54) is 12.1 Å². The summed E-state index contributed by atoms with van der Waals surface area (Å²) in [6.07, 6.45) is 1.05. The minimum Gasteiger partial charge on any atom is -0.356 e. The number of nitrogens with one attached hydrogen (secondary N) is 2. The predicted molar refractivity (Wildman–Crippen MR) is 69.6 cm³/mol. The number of sulfonamides is 1. The van der Waals surface area contributed by atoms with Crippen molar-refractivity contribution in [3.05, 3.63) is 29.8 Å². The molecule has 0 saturated heterocycles. The third kappa shape index (κ3) is 3.44. The van der Waals surface area contributed by atoms with E-state index in [4.69, 9.17) is 5.14 Å². The Balaban J connectivity index is 1.96. The van der Waals surface area contributed by atoms with Gasteiger partial charge in [-0.25, -0.2) is 13.6 Å². The first-order valence-corrected chi connectivity index (χ1v) is 7.24. The second-order valence-corrected chi connectivity index (χ2v) is 5.61. The van der Waals surface area contributed by atoms with Gasteiger partial charge in [0.1, 0.15) is 0 Å². The van der Waals surface area contributed by atoms with Gasteiger partial charge in [0, 0.05) is 19.6 Å². The van der Waals surface area contributed by atoms with Gasteiger partial charge in [-0.05, 0) is 24.1 Å². The maximum absolute atomic E-state index is 11.1. The van der Waals surface area contributed by atoms with Gasteiger partial charge in [0.15, 0.2) is 5.96 Å². The van der Waals surface area contributed by atoms with Crippen LogP contribution >= 0.6 is 0 Å². The van der Waals surface area contributed by atoms with Gasteiger partial charge in [0.05, 0.1) is 4.90 Å². The first kappa shape index (κ1) is 12.8. The highest BCUT2D eigenvalue weighted by Gasteiger charge is 2.07. The van der Waals surface area contributed by atoms with E-state index in [2.05, 4.69) is 15.6 Å². The summed E-state index contributed by atoms with van der Waals surface area (Å²) in [6, 6.07) is 6.47. The molecule has 18 heavy (non-hydrogen) atoms. The summed E-state index contributed by atoms with van der Waals surface area (Å²) in [7, 11) is -3.61. The summed E-state index contributed by atoms with van der Waals surface area (Å²) in [6.45, 7) is 2.35. The van der Waals surface area contributed by atoms with Crippen LogP contribution in [-0.4, -0.2) is 27.5 Å². The number of hydrogen-bond donors (Lipinski definition) is 3. The summed E-state index contributed by atoms with van der Waals surface area (Å²) >= 11 is 0. The van der Waals surface area contributed by atoms with E-state index in [9.17, 15) is 8.42 Å². The molecule has 0 unspecified atom stereocenters.